The van der Waals surface area contributed by atoms with Gasteiger partial charge in [0.05, 0.1) is 12.5 Å². The van der Waals surface area contributed by atoms with Gasteiger partial charge in [-0.1, -0.05) is 148 Å². The van der Waals surface area contributed by atoms with Gasteiger partial charge in [-0.3, -0.25) is 9.59 Å². The number of aliphatic hydroxyl groups is 1. The number of allylic oxidation sites excluding steroid dienone is 4. The Balaban J connectivity index is 3.75. The molecule has 2 unspecified atom stereocenters. The van der Waals surface area contributed by atoms with Gasteiger partial charge in [0.2, 0.25) is 0 Å². The summed E-state index contributed by atoms with van der Waals surface area (Å²) in [6, 6.07) is 0. The first-order valence-electron chi connectivity index (χ1n) is 19.0. The van der Waals surface area contributed by atoms with Crippen LogP contribution in [0.3, 0.4) is 0 Å². The molecule has 0 rings (SSSR count). The summed E-state index contributed by atoms with van der Waals surface area (Å²) in [4.78, 5) is 25.5. The molecular formula is C40H74O3. The van der Waals surface area contributed by atoms with E-state index >= 15 is 0 Å². The first-order chi connectivity index (χ1) is 21.1. The van der Waals surface area contributed by atoms with Crippen LogP contribution in [-0.2, 0) is 9.59 Å². The number of unbranched alkanes of at least 4 members (excludes halogenated alkanes) is 22. The Morgan fingerprint density at radius 2 is 0.767 bits per heavy atom. The third kappa shape index (κ3) is 28.0. The van der Waals surface area contributed by atoms with Gasteiger partial charge in [0, 0.05) is 18.8 Å². The van der Waals surface area contributed by atoms with Gasteiger partial charge < -0.3 is 5.11 Å². The van der Waals surface area contributed by atoms with E-state index in [1.165, 1.54) is 128 Å². The molecule has 3 nitrogen and oxygen atoms in total. The molecule has 0 bridgehead atoms. The van der Waals surface area contributed by atoms with Crippen molar-refractivity contribution in [3.63, 3.8) is 0 Å². The summed E-state index contributed by atoms with van der Waals surface area (Å²) in [7, 11) is 0. The van der Waals surface area contributed by atoms with Gasteiger partial charge in [-0.15, -0.1) is 0 Å². The highest BCUT2D eigenvalue weighted by Gasteiger charge is 2.28. The summed E-state index contributed by atoms with van der Waals surface area (Å²) < 4.78 is 0. The molecule has 252 valence electrons. The van der Waals surface area contributed by atoms with E-state index in [0.29, 0.717) is 12.8 Å². The maximum atomic E-state index is 12.7. The van der Waals surface area contributed by atoms with Gasteiger partial charge in [0.15, 0.2) is 0 Å². The van der Waals surface area contributed by atoms with Crippen LogP contribution >= 0.6 is 0 Å². The van der Waals surface area contributed by atoms with Crippen LogP contribution in [-0.4, -0.2) is 23.3 Å². The SMILES string of the molecule is CCCCCCCC/C=C\CCCCCCCC(=O)C(C)C(CO)C(=O)CCCCCCC/C=C\CCCCCCCC. The van der Waals surface area contributed by atoms with Crippen molar-refractivity contribution in [3.05, 3.63) is 24.3 Å². The number of carbonyl (C=O) groups excluding carboxylic acids is 2. The molecule has 2 atom stereocenters. The molecular weight excluding hydrogens is 528 g/mol. The highest BCUT2D eigenvalue weighted by Crippen LogP contribution is 2.21. The first-order valence-corrected chi connectivity index (χ1v) is 19.0. The van der Waals surface area contributed by atoms with Crippen LogP contribution in [0.1, 0.15) is 201 Å². The van der Waals surface area contributed by atoms with Gasteiger partial charge in [0.25, 0.3) is 0 Å². The van der Waals surface area contributed by atoms with Crippen molar-refractivity contribution in [1.82, 2.24) is 0 Å². The normalized spacial score (nSPS) is 13.3. The van der Waals surface area contributed by atoms with Crippen molar-refractivity contribution in [2.24, 2.45) is 11.8 Å². The van der Waals surface area contributed by atoms with Crippen LogP contribution in [0.25, 0.3) is 0 Å². The molecule has 3 heteroatoms. The van der Waals surface area contributed by atoms with E-state index in [0.717, 1.165) is 38.5 Å². The van der Waals surface area contributed by atoms with E-state index in [1.807, 2.05) is 6.92 Å². The number of rotatable bonds is 34. The zero-order valence-corrected chi connectivity index (χ0v) is 29.2. The summed E-state index contributed by atoms with van der Waals surface area (Å²) in [5.41, 5.74) is 0. The quantitative estimate of drug-likeness (QED) is 0.0588. The highest BCUT2D eigenvalue weighted by atomic mass is 16.3. The molecule has 0 aromatic heterocycles. The average Bonchev–Trinajstić information content (AvgIpc) is 3.01. The minimum absolute atomic E-state index is 0.0746. The van der Waals surface area contributed by atoms with Gasteiger partial charge in [-0.05, 0) is 64.2 Å². The van der Waals surface area contributed by atoms with E-state index in [2.05, 4.69) is 38.2 Å². The molecule has 0 aromatic carbocycles. The lowest BCUT2D eigenvalue weighted by molar-refractivity contribution is -0.133. The molecule has 0 aliphatic rings. The number of Topliss-reactive ketones (excluding diaryl/α,β-unsaturated/α-hetero) is 2. The monoisotopic (exact) mass is 603 g/mol. The van der Waals surface area contributed by atoms with Gasteiger partial charge in [-0.25, -0.2) is 0 Å². The zero-order valence-electron chi connectivity index (χ0n) is 29.2. The lowest BCUT2D eigenvalue weighted by Gasteiger charge is -2.20. The fraction of sp³-hybridized carbons (Fsp3) is 0.850. The maximum Gasteiger partial charge on any atom is 0.138 e. The van der Waals surface area contributed by atoms with Crippen molar-refractivity contribution in [2.45, 2.75) is 201 Å². The molecule has 0 fully saturated rings. The Morgan fingerprint density at radius 3 is 1.12 bits per heavy atom. The maximum absolute atomic E-state index is 12.7. The standard InChI is InChI=1S/C40H74O3/c1-4-6-8-10-12-14-16-18-20-22-24-26-28-30-32-34-39(42)37(3)38(36-41)40(43)35-33-31-29-27-25-23-21-19-17-15-13-11-9-7-5-2/h18-21,37-38,41H,4-17,22-36H2,1-3H3/b20-18-,21-19-. The molecule has 43 heavy (non-hydrogen) atoms. The molecule has 0 saturated heterocycles. The Kier molecular flexibility index (Phi) is 32.7. The molecule has 1 N–H and O–H groups in total. The first kappa shape index (κ1) is 41.8. The van der Waals surface area contributed by atoms with Crippen LogP contribution in [0.2, 0.25) is 0 Å². The number of ketones is 2. The smallest absolute Gasteiger partial charge is 0.138 e. The summed E-state index contributed by atoms with van der Waals surface area (Å²) in [6.07, 6.45) is 42.7. The number of hydrogen-bond acceptors (Lipinski definition) is 3. The van der Waals surface area contributed by atoms with Gasteiger partial charge in [-0.2, -0.15) is 0 Å². The molecule has 0 aromatic rings. The fourth-order valence-corrected chi connectivity index (χ4v) is 5.92. The topological polar surface area (TPSA) is 54.4 Å². The predicted molar refractivity (Wildman–Crippen MR) is 189 cm³/mol. The number of hydrogen-bond donors (Lipinski definition) is 1. The largest absolute Gasteiger partial charge is 0.396 e. The lowest BCUT2D eigenvalue weighted by Crippen LogP contribution is -2.30. The third-order valence-corrected chi connectivity index (χ3v) is 9.09. The van der Waals surface area contributed by atoms with Crippen molar-refractivity contribution in [3.8, 4) is 0 Å². The van der Waals surface area contributed by atoms with Crippen molar-refractivity contribution in [1.29, 1.82) is 0 Å². The number of aliphatic hydroxyl groups excluding tert-OH is 1. The summed E-state index contributed by atoms with van der Waals surface area (Å²) >= 11 is 0. The Hall–Kier alpha value is -1.22. The minimum atomic E-state index is -0.521. The minimum Gasteiger partial charge on any atom is -0.396 e. The number of carbonyl (C=O) groups is 2. The molecule has 0 spiro atoms. The van der Waals surface area contributed by atoms with Crippen LogP contribution in [0, 0.1) is 11.8 Å². The lowest BCUT2D eigenvalue weighted by atomic mass is 9.84. The van der Waals surface area contributed by atoms with E-state index in [4.69, 9.17) is 0 Å². The van der Waals surface area contributed by atoms with Crippen molar-refractivity contribution in [2.75, 3.05) is 6.61 Å². The van der Waals surface area contributed by atoms with Crippen LogP contribution in [0.4, 0.5) is 0 Å². The average molecular weight is 603 g/mol. The Morgan fingerprint density at radius 1 is 0.465 bits per heavy atom. The van der Waals surface area contributed by atoms with Crippen LogP contribution in [0.5, 0.6) is 0 Å². The summed E-state index contributed by atoms with van der Waals surface area (Å²) in [5, 5.41) is 9.86. The summed E-state index contributed by atoms with van der Waals surface area (Å²) in [6.45, 7) is 6.17. The molecule has 0 aliphatic heterocycles. The fourth-order valence-electron chi connectivity index (χ4n) is 5.92. The highest BCUT2D eigenvalue weighted by molar-refractivity contribution is 5.89. The molecule has 0 radical (unpaired) electrons. The van der Waals surface area contributed by atoms with E-state index < -0.39 is 5.92 Å². The van der Waals surface area contributed by atoms with E-state index in [-0.39, 0.29) is 24.1 Å². The predicted octanol–water partition coefficient (Wildman–Crippen LogP) is 12.4. The molecule has 0 amide bonds. The van der Waals surface area contributed by atoms with Crippen LogP contribution < -0.4 is 0 Å². The molecule has 0 aliphatic carbocycles. The van der Waals surface area contributed by atoms with Crippen LogP contribution in [0.15, 0.2) is 24.3 Å². The second kappa shape index (κ2) is 33.7. The van der Waals surface area contributed by atoms with Gasteiger partial charge in [0.1, 0.15) is 11.6 Å². The second-order valence-electron chi connectivity index (χ2n) is 13.2. The van der Waals surface area contributed by atoms with Crippen molar-refractivity contribution < 1.29 is 14.7 Å². The summed E-state index contributed by atoms with van der Waals surface area (Å²) in [5.74, 6) is -0.662. The van der Waals surface area contributed by atoms with Crippen molar-refractivity contribution >= 4 is 11.6 Å². The third-order valence-electron chi connectivity index (χ3n) is 9.09. The van der Waals surface area contributed by atoms with E-state index in [1.54, 1.807) is 0 Å². The molecule has 0 heterocycles. The van der Waals surface area contributed by atoms with E-state index in [9.17, 15) is 14.7 Å². The zero-order chi connectivity index (χ0) is 31.6. The van der Waals surface area contributed by atoms with Gasteiger partial charge >= 0.3 is 0 Å². The Labute approximate surface area is 269 Å². The Bertz CT molecular complexity index is 665. The molecule has 0 saturated carbocycles. The second-order valence-corrected chi connectivity index (χ2v) is 13.2.